The van der Waals surface area contributed by atoms with Crippen LogP contribution in [0.1, 0.15) is 25.5 Å². The molecule has 0 aliphatic rings. The van der Waals surface area contributed by atoms with Gasteiger partial charge in [-0.05, 0) is 0 Å². The maximum absolute atomic E-state index is 5.95. The molecule has 0 radical (unpaired) electrons. The predicted molar refractivity (Wildman–Crippen MR) is 50.7 cm³/mol. The summed E-state index contributed by atoms with van der Waals surface area (Å²) < 4.78 is 11.4. The molecule has 0 unspecified atom stereocenters. The van der Waals surface area contributed by atoms with Crippen LogP contribution in [0.2, 0.25) is 0 Å². The zero-order valence-corrected chi connectivity index (χ0v) is 8.92. The standard InChI is InChI=1S/C8H13ClN2O2/c1-5(2)6-7(12-3)10-8(13-4)11(6)9/h5H,1-4H3. The molecule has 0 fully saturated rings. The van der Waals surface area contributed by atoms with Gasteiger partial charge in [-0.3, -0.25) is 0 Å². The van der Waals surface area contributed by atoms with Gasteiger partial charge in [-0.25, -0.2) is 4.09 Å². The van der Waals surface area contributed by atoms with Crippen LogP contribution in [0.15, 0.2) is 0 Å². The molecular weight excluding hydrogens is 192 g/mol. The molecule has 0 atom stereocenters. The number of hydrogen-bond donors (Lipinski definition) is 0. The minimum absolute atomic E-state index is 0.240. The molecule has 74 valence electrons. The molecule has 0 spiro atoms. The maximum atomic E-state index is 5.95. The van der Waals surface area contributed by atoms with Crippen LogP contribution in [-0.4, -0.2) is 23.3 Å². The molecule has 0 saturated carbocycles. The molecule has 0 N–H and O–H groups in total. The Bertz CT molecular complexity index is 297. The van der Waals surface area contributed by atoms with Gasteiger partial charge in [0.15, 0.2) is 0 Å². The first-order valence-corrected chi connectivity index (χ1v) is 4.32. The van der Waals surface area contributed by atoms with Gasteiger partial charge in [0, 0.05) is 17.7 Å². The highest BCUT2D eigenvalue weighted by Crippen LogP contribution is 2.31. The number of hydrogen-bond acceptors (Lipinski definition) is 3. The Hall–Kier alpha value is -0.900. The quantitative estimate of drug-likeness (QED) is 0.756. The molecule has 13 heavy (non-hydrogen) atoms. The molecule has 1 aromatic rings. The fraction of sp³-hybridized carbons (Fsp3) is 0.625. The fourth-order valence-electron chi connectivity index (χ4n) is 1.12. The summed E-state index contributed by atoms with van der Waals surface area (Å²) in [6, 6.07) is 0.349. The monoisotopic (exact) mass is 204 g/mol. The summed E-state index contributed by atoms with van der Waals surface area (Å²) in [6.45, 7) is 4.02. The van der Waals surface area contributed by atoms with E-state index in [1.807, 2.05) is 13.8 Å². The lowest BCUT2D eigenvalue weighted by Crippen LogP contribution is -1.97. The third-order valence-electron chi connectivity index (χ3n) is 1.72. The van der Waals surface area contributed by atoms with E-state index in [0.29, 0.717) is 11.9 Å². The summed E-state index contributed by atoms with van der Waals surface area (Å²) in [6.07, 6.45) is 0. The van der Waals surface area contributed by atoms with E-state index < -0.39 is 0 Å². The van der Waals surface area contributed by atoms with Crippen molar-refractivity contribution in [1.82, 2.24) is 9.07 Å². The first-order chi connectivity index (χ1) is 6.11. The molecule has 1 heterocycles. The average Bonchev–Trinajstić information content (AvgIpc) is 2.41. The van der Waals surface area contributed by atoms with Gasteiger partial charge >= 0.3 is 6.01 Å². The molecule has 0 aliphatic heterocycles. The Morgan fingerprint density at radius 3 is 2.23 bits per heavy atom. The molecule has 4 nitrogen and oxygen atoms in total. The van der Waals surface area contributed by atoms with Gasteiger partial charge in [-0.1, -0.05) is 13.8 Å². The number of nitrogens with zero attached hydrogens (tertiary/aromatic N) is 2. The van der Waals surface area contributed by atoms with Gasteiger partial charge in [0.2, 0.25) is 5.88 Å². The lowest BCUT2D eigenvalue weighted by atomic mass is 10.1. The summed E-state index contributed by atoms with van der Waals surface area (Å²) in [7, 11) is 3.08. The van der Waals surface area contributed by atoms with E-state index in [0.717, 1.165) is 5.69 Å². The SMILES string of the molecule is COc1nc(OC)n(Cl)c1C(C)C. The maximum Gasteiger partial charge on any atom is 0.314 e. The Morgan fingerprint density at radius 2 is 1.92 bits per heavy atom. The van der Waals surface area contributed by atoms with E-state index in [4.69, 9.17) is 21.3 Å². The van der Waals surface area contributed by atoms with Crippen LogP contribution in [0.4, 0.5) is 0 Å². The smallest absolute Gasteiger partial charge is 0.314 e. The molecule has 1 rings (SSSR count). The van der Waals surface area contributed by atoms with Crippen molar-refractivity contribution in [1.29, 1.82) is 0 Å². The van der Waals surface area contributed by atoms with Crippen molar-refractivity contribution < 1.29 is 9.47 Å². The van der Waals surface area contributed by atoms with Crippen molar-refractivity contribution in [3.8, 4) is 11.9 Å². The van der Waals surface area contributed by atoms with Crippen molar-refractivity contribution in [2.45, 2.75) is 19.8 Å². The summed E-state index contributed by atoms with van der Waals surface area (Å²) in [5, 5.41) is 0. The van der Waals surface area contributed by atoms with Crippen LogP contribution in [-0.2, 0) is 0 Å². The van der Waals surface area contributed by atoms with E-state index in [1.165, 1.54) is 11.2 Å². The van der Waals surface area contributed by atoms with Gasteiger partial charge < -0.3 is 9.47 Å². The van der Waals surface area contributed by atoms with E-state index in [9.17, 15) is 0 Å². The van der Waals surface area contributed by atoms with Crippen molar-refractivity contribution in [3.63, 3.8) is 0 Å². The lowest BCUT2D eigenvalue weighted by Gasteiger charge is -2.05. The number of methoxy groups -OCH3 is 2. The molecule has 0 aromatic carbocycles. The van der Waals surface area contributed by atoms with E-state index in [1.54, 1.807) is 7.11 Å². The number of ether oxygens (including phenoxy) is 2. The first kappa shape index (κ1) is 10.2. The summed E-state index contributed by atoms with van der Waals surface area (Å²) >= 11 is 5.95. The fourth-order valence-corrected chi connectivity index (χ4v) is 1.50. The average molecular weight is 205 g/mol. The highest BCUT2D eigenvalue weighted by molar-refractivity contribution is 6.16. The number of aromatic nitrogens is 2. The van der Waals surface area contributed by atoms with Crippen molar-refractivity contribution in [3.05, 3.63) is 5.69 Å². The van der Waals surface area contributed by atoms with Gasteiger partial charge in [0.1, 0.15) is 5.69 Å². The Labute approximate surface area is 82.5 Å². The minimum Gasteiger partial charge on any atom is -0.480 e. The Balaban J connectivity index is 3.20. The van der Waals surface area contributed by atoms with Crippen molar-refractivity contribution in [2.24, 2.45) is 0 Å². The largest absolute Gasteiger partial charge is 0.480 e. The first-order valence-electron chi connectivity index (χ1n) is 3.98. The van der Waals surface area contributed by atoms with Crippen molar-refractivity contribution >= 4 is 11.8 Å². The number of halogens is 1. The van der Waals surface area contributed by atoms with Crippen LogP contribution < -0.4 is 9.47 Å². The van der Waals surface area contributed by atoms with Gasteiger partial charge in [0.05, 0.1) is 14.2 Å². The van der Waals surface area contributed by atoms with Gasteiger partial charge in [-0.15, -0.1) is 0 Å². The molecule has 5 heteroatoms. The molecule has 1 aromatic heterocycles. The van der Waals surface area contributed by atoms with E-state index >= 15 is 0 Å². The summed E-state index contributed by atoms with van der Waals surface area (Å²) in [5.41, 5.74) is 0.820. The number of rotatable bonds is 3. The van der Waals surface area contributed by atoms with Crippen LogP contribution >= 0.6 is 11.8 Å². The minimum atomic E-state index is 0.240. The predicted octanol–water partition coefficient (Wildman–Crippen LogP) is 2.03. The summed E-state index contributed by atoms with van der Waals surface area (Å²) in [4.78, 5) is 4.05. The summed E-state index contributed by atoms with van der Waals surface area (Å²) in [5.74, 6) is 0.755. The highest BCUT2D eigenvalue weighted by Gasteiger charge is 2.19. The lowest BCUT2D eigenvalue weighted by molar-refractivity contribution is 0.365. The van der Waals surface area contributed by atoms with Crippen LogP contribution in [0.5, 0.6) is 11.9 Å². The third kappa shape index (κ3) is 1.72. The Morgan fingerprint density at radius 1 is 1.31 bits per heavy atom. The third-order valence-corrected chi connectivity index (χ3v) is 2.05. The van der Waals surface area contributed by atoms with Crippen LogP contribution in [0, 0.1) is 0 Å². The van der Waals surface area contributed by atoms with E-state index in [2.05, 4.69) is 4.98 Å². The zero-order valence-electron chi connectivity index (χ0n) is 8.17. The topological polar surface area (TPSA) is 36.3 Å². The van der Waals surface area contributed by atoms with Crippen LogP contribution in [0.3, 0.4) is 0 Å². The zero-order chi connectivity index (χ0) is 10.0. The van der Waals surface area contributed by atoms with Crippen LogP contribution in [0.25, 0.3) is 0 Å². The second-order valence-electron chi connectivity index (χ2n) is 2.93. The molecular formula is C8H13ClN2O2. The second kappa shape index (κ2) is 3.87. The second-order valence-corrected chi connectivity index (χ2v) is 3.27. The van der Waals surface area contributed by atoms with Crippen molar-refractivity contribution in [2.75, 3.05) is 14.2 Å². The van der Waals surface area contributed by atoms with Gasteiger partial charge in [0.25, 0.3) is 0 Å². The van der Waals surface area contributed by atoms with E-state index in [-0.39, 0.29) is 5.92 Å². The normalized spacial score (nSPS) is 10.6. The van der Waals surface area contributed by atoms with Gasteiger partial charge in [-0.2, -0.15) is 4.98 Å². The molecule has 0 bridgehead atoms. The highest BCUT2D eigenvalue weighted by atomic mass is 35.5. The number of imidazole rings is 1. The molecule has 0 saturated heterocycles. The molecule has 0 amide bonds. The Kier molecular flexibility index (Phi) is 3.03. The molecule has 0 aliphatic carbocycles.